The van der Waals surface area contributed by atoms with Crippen molar-refractivity contribution in [2.24, 2.45) is 0 Å². The molecular formula is C33H29FN8O2. The van der Waals surface area contributed by atoms with Gasteiger partial charge < -0.3 is 5.32 Å². The lowest BCUT2D eigenvalue weighted by molar-refractivity contribution is 0.0528. The number of amides is 1. The summed E-state index contributed by atoms with van der Waals surface area (Å²) in [5.74, 6) is -0.758. The molecule has 5 aromatic rings. The number of halogens is 1. The van der Waals surface area contributed by atoms with Crippen LogP contribution in [0.25, 0.3) is 33.3 Å². The Morgan fingerprint density at radius 1 is 1.05 bits per heavy atom. The predicted molar refractivity (Wildman–Crippen MR) is 164 cm³/mol. The third kappa shape index (κ3) is 6.22. The molecule has 1 aliphatic rings. The normalized spacial score (nSPS) is 13.8. The number of nitrogens with one attached hydrogen (secondary N) is 2. The molecule has 0 aliphatic carbocycles. The number of nitriles is 1. The Hall–Kier alpha value is -5.31. The second-order valence-corrected chi connectivity index (χ2v) is 10.5. The van der Waals surface area contributed by atoms with Crippen LogP contribution < -0.4 is 10.8 Å². The monoisotopic (exact) mass is 588 g/mol. The van der Waals surface area contributed by atoms with E-state index in [4.69, 9.17) is 10.2 Å². The van der Waals surface area contributed by atoms with Crippen LogP contribution >= 0.6 is 0 Å². The van der Waals surface area contributed by atoms with Crippen LogP contribution in [0.15, 0.2) is 79.1 Å². The van der Waals surface area contributed by atoms with E-state index in [0.29, 0.717) is 16.9 Å². The van der Waals surface area contributed by atoms with Crippen molar-refractivity contribution < 1.29 is 14.0 Å². The SMILES string of the molecule is CONC(=O)c1ncc2cc(-c3ccccc3)c(-c3ccc(CN4CCC(Nc5ccnc(C#N)n5)CC4)cc3)nc2c1F. The van der Waals surface area contributed by atoms with Crippen LogP contribution in [0.2, 0.25) is 0 Å². The minimum Gasteiger partial charge on any atom is -0.367 e. The number of pyridine rings is 2. The Morgan fingerprint density at radius 3 is 2.55 bits per heavy atom. The van der Waals surface area contributed by atoms with Gasteiger partial charge in [0.05, 0.1) is 12.8 Å². The number of fused-ring (bicyclic) bond motifs is 1. The van der Waals surface area contributed by atoms with Crippen molar-refractivity contribution in [1.29, 1.82) is 5.26 Å². The van der Waals surface area contributed by atoms with E-state index in [-0.39, 0.29) is 23.1 Å². The summed E-state index contributed by atoms with van der Waals surface area (Å²) in [6.45, 7) is 2.65. The lowest BCUT2D eigenvalue weighted by Gasteiger charge is -2.32. The molecule has 1 saturated heterocycles. The highest BCUT2D eigenvalue weighted by atomic mass is 19.1. The van der Waals surface area contributed by atoms with Crippen LogP contribution in [0.3, 0.4) is 0 Å². The second-order valence-electron chi connectivity index (χ2n) is 10.5. The van der Waals surface area contributed by atoms with Crippen molar-refractivity contribution in [2.75, 3.05) is 25.5 Å². The highest BCUT2D eigenvalue weighted by Crippen LogP contribution is 2.34. The molecule has 10 nitrogen and oxygen atoms in total. The standard InChI is InChI=1S/C33H29FN8O2/c1-44-41-33(43)32-29(34)31-24(19-37-32)17-26(22-5-3-2-4-6-22)30(40-31)23-9-7-21(8-10-23)20-42-15-12-25(13-16-42)38-27-11-14-36-28(18-35)39-27/h2-11,14,17,19,25H,12-13,15-16,20H2,1H3,(H,41,43)(H,36,38,39). The number of nitrogens with zero attached hydrogens (tertiary/aromatic N) is 6. The molecule has 0 saturated carbocycles. The predicted octanol–water partition coefficient (Wildman–Crippen LogP) is 5.13. The number of carbonyl (C=O) groups excluding carboxylic acids is 1. The number of anilines is 1. The lowest BCUT2D eigenvalue weighted by Crippen LogP contribution is -2.38. The molecule has 0 radical (unpaired) electrons. The molecule has 3 aromatic heterocycles. The number of piperidine rings is 1. The third-order valence-electron chi connectivity index (χ3n) is 7.62. The molecule has 2 aromatic carbocycles. The van der Waals surface area contributed by atoms with Gasteiger partial charge in [0, 0.05) is 54.6 Å². The molecule has 1 aliphatic heterocycles. The van der Waals surface area contributed by atoms with E-state index >= 15 is 4.39 Å². The maximum Gasteiger partial charge on any atom is 0.296 e. The fourth-order valence-corrected chi connectivity index (χ4v) is 5.43. The van der Waals surface area contributed by atoms with Gasteiger partial charge in [-0.15, -0.1) is 0 Å². The molecule has 1 fully saturated rings. The molecule has 1 amide bonds. The molecule has 2 N–H and O–H groups in total. The highest BCUT2D eigenvalue weighted by Gasteiger charge is 2.22. The summed E-state index contributed by atoms with van der Waals surface area (Å²) < 4.78 is 15.5. The van der Waals surface area contributed by atoms with E-state index in [9.17, 15) is 4.79 Å². The maximum atomic E-state index is 15.5. The van der Waals surface area contributed by atoms with E-state index in [1.165, 1.54) is 13.3 Å². The Balaban J connectivity index is 1.21. The van der Waals surface area contributed by atoms with Gasteiger partial charge in [-0.25, -0.2) is 29.8 Å². The topological polar surface area (TPSA) is 129 Å². The van der Waals surface area contributed by atoms with Gasteiger partial charge in [0.15, 0.2) is 11.5 Å². The van der Waals surface area contributed by atoms with Gasteiger partial charge in [-0.05, 0) is 36.1 Å². The highest BCUT2D eigenvalue weighted by molar-refractivity contribution is 5.97. The van der Waals surface area contributed by atoms with E-state index in [0.717, 1.165) is 54.7 Å². The summed E-state index contributed by atoms with van der Waals surface area (Å²) in [7, 11) is 1.27. The number of aromatic nitrogens is 4. The van der Waals surface area contributed by atoms with Gasteiger partial charge in [0.25, 0.3) is 5.91 Å². The molecule has 0 unspecified atom stereocenters. The zero-order valence-electron chi connectivity index (χ0n) is 24.0. The number of hydrogen-bond acceptors (Lipinski definition) is 9. The van der Waals surface area contributed by atoms with Crippen molar-refractivity contribution in [1.82, 2.24) is 30.3 Å². The number of benzene rings is 2. The first kappa shape index (κ1) is 28.8. The average Bonchev–Trinajstić information content (AvgIpc) is 3.06. The largest absolute Gasteiger partial charge is 0.367 e. The van der Waals surface area contributed by atoms with E-state index in [1.807, 2.05) is 54.6 Å². The van der Waals surface area contributed by atoms with Gasteiger partial charge >= 0.3 is 0 Å². The third-order valence-corrected chi connectivity index (χ3v) is 7.62. The molecule has 0 bridgehead atoms. The van der Waals surface area contributed by atoms with Gasteiger partial charge in [-0.3, -0.25) is 14.5 Å². The first-order chi connectivity index (χ1) is 21.5. The van der Waals surface area contributed by atoms with Gasteiger partial charge in [-0.1, -0.05) is 54.6 Å². The van der Waals surface area contributed by atoms with Gasteiger partial charge in [-0.2, -0.15) is 5.26 Å². The minimum atomic E-state index is -0.808. The van der Waals surface area contributed by atoms with Crippen molar-refractivity contribution in [2.45, 2.75) is 25.4 Å². The Labute approximate surface area is 253 Å². The summed E-state index contributed by atoms with van der Waals surface area (Å²) in [6, 6.07) is 23.8. The zero-order chi connectivity index (χ0) is 30.5. The summed E-state index contributed by atoms with van der Waals surface area (Å²) in [5.41, 5.74) is 6.15. The van der Waals surface area contributed by atoms with Crippen LogP contribution in [0.4, 0.5) is 10.2 Å². The molecule has 4 heterocycles. The molecule has 6 rings (SSSR count). The quantitative estimate of drug-likeness (QED) is 0.237. The average molecular weight is 589 g/mol. The Bertz CT molecular complexity index is 1840. The van der Waals surface area contributed by atoms with Crippen molar-refractivity contribution in [3.8, 4) is 28.5 Å². The number of hydrogen-bond donors (Lipinski definition) is 2. The molecule has 11 heteroatoms. The summed E-state index contributed by atoms with van der Waals surface area (Å²) in [5, 5.41) is 12.9. The van der Waals surface area contributed by atoms with Gasteiger partial charge in [0.2, 0.25) is 5.82 Å². The van der Waals surface area contributed by atoms with E-state index in [1.54, 1.807) is 12.3 Å². The lowest BCUT2D eigenvalue weighted by atomic mass is 9.97. The zero-order valence-corrected chi connectivity index (χ0v) is 24.0. The van der Waals surface area contributed by atoms with E-state index in [2.05, 4.69) is 47.6 Å². The number of hydroxylamine groups is 1. The van der Waals surface area contributed by atoms with Crippen molar-refractivity contribution >= 4 is 22.6 Å². The summed E-state index contributed by atoms with van der Waals surface area (Å²) >= 11 is 0. The smallest absolute Gasteiger partial charge is 0.296 e. The maximum absolute atomic E-state index is 15.5. The summed E-state index contributed by atoms with van der Waals surface area (Å²) in [4.78, 5) is 36.3. The van der Waals surface area contributed by atoms with Gasteiger partial charge in [0.1, 0.15) is 17.4 Å². The van der Waals surface area contributed by atoms with Crippen LogP contribution in [-0.2, 0) is 11.4 Å². The second kappa shape index (κ2) is 12.9. The minimum absolute atomic E-state index is 0.0577. The summed E-state index contributed by atoms with van der Waals surface area (Å²) in [6.07, 6.45) is 4.95. The van der Waals surface area contributed by atoms with Crippen LogP contribution in [0.1, 0.15) is 34.7 Å². The number of carbonyl (C=O) groups is 1. The number of likely N-dealkylation sites (tertiary alicyclic amines) is 1. The first-order valence-electron chi connectivity index (χ1n) is 14.2. The molecule has 44 heavy (non-hydrogen) atoms. The van der Waals surface area contributed by atoms with Crippen molar-refractivity contribution in [3.63, 3.8) is 0 Å². The van der Waals surface area contributed by atoms with Crippen molar-refractivity contribution in [3.05, 3.63) is 102 Å². The Kier molecular flexibility index (Phi) is 8.45. The Morgan fingerprint density at radius 2 is 1.82 bits per heavy atom. The molecule has 220 valence electrons. The fraction of sp³-hybridized carbons (Fsp3) is 0.212. The molecule has 0 atom stereocenters. The first-order valence-corrected chi connectivity index (χ1v) is 14.2. The van der Waals surface area contributed by atoms with Crippen LogP contribution in [0.5, 0.6) is 0 Å². The molecule has 0 spiro atoms. The fourth-order valence-electron chi connectivity index (χ4n) is 5.43. The van der Waals surface area contributed by atoms with E-state index < -0.39 is 11.7 Å². The van der Waals surface area contributed by atoms with Crippen LogP contribution in [0, 0.1) is 17.1 Å². The van der Waals surface area contributed by atoms with Crippen LogP contribution in [-0.4, -0.2) is 57.0 Å². The number of rotatable bonds is 8. The molecular weight excluding hydrogens is 559 g/mol.